The van der Waals surface area contributed by atoms with Gasteiger partial charge in [-0.25, -0.2) is 0 Å². The average Bonchev–Trinajstić information content (AvgIpc) is 2.94. The molecule has 0 aromatic heterocycles. The van der Waals surface area contributed by atoms with Crippen molar-refractivity contribution in [3.8, 4) is 22.3 Å². The fourth-order valence-electron chi connectivity index (χ4n) is 5.60. The Hall–Kier alpha value is -3.46. The van der Waals surface area contributed by atoms with E-state index < -0.39 is 0 Å². The molecule has 0 nitrogen and oxygen atoms in total. The van der Waals surface area contributed by atoms with E-state index in [1.807, 2.05) is 0 Å². The standard InChI is InChI=1S/C34H20Br2/c35-33-27-16-5-1-12-23(27)31(24-13-2-6-17-28(24)33)21-10-9-11-22(20-21)32-25-14-3-7-18-29(25)34(36)30-19-8-4-15-26(30)32/h1-20H. The Morgan fingerprint density at radius 2 is 0.583 bits per heavy atom. The topological polar surface area (TPSA) is 0 Å². The summed E-state index contributed by atoms with van der Waals surface area (Å²) in [6.45, 7) is 0. The van der Waals surface area contributed by atoms with E-state index in [0.717, 1.165) is 8.95 Å². The molecule has 7 rings (SSSR count). The highest BCUT2D eigenvalue weighted by Crippen LogP contribution is 2.45. The molecule has 0 saturated heterocycles. The predicted octanol–water partition coefficient (Wildman–Crippen LogP) is 11.2. The Balaban J connectivity index is 1.59. The Morgan fingerprint density at radius 1 is 0.306 bits per heavy atom. The summed E-state index contributed by atoms with van der Waals surface area (Å²) in [6.07, 6.45) is 0. The lowest BCUT2D eigenvalue weighted by molar-refractivity contribution is 1.64. The first kappa shape index (κ1) is 21.8. The molecule has 0 unspecified atom stereocenters. The van der Waals surface area contributed by atoms with Gasteiger partial charge in [-0.15, -0.1) is 0 Å². The number of benzene rings is 7. The molecule has 0 heterocycles. The first-order valence-electron chi connectivity index (χ1n) is 12.0. The number of halogens is 2. The normalized spacial score (nSPS) is 11.6. The van der Waals surface area contributed by atoms with Crippen molar-refractivity contribution in [2.45, 2.75) is 0 Å². The van der Waals surface area contributed by atoms with E-state index in [-0.39, 0.29) is 0 Å². The van der Waals surface area contributed by atoms with Crippen LogP contribution in [-0.2, 0) is 0 Å². The van der Waals surface area contributed by atoms with Crippen molar-refractivity contribution in [1.82, 2.24) is 0 Å². The van der Waals surface area contributed by atoms with Crippen molar-refractivity contribution in [2.24, 2.45) is 0 Å². The van der Waals surface area contributed by atoms with Crippen LogP contribution in [0.4, 0.5) is 0 Å². The molecule has 7 aromatic rings. The summed E-state index contributed by atoms with van der Waals surface area (Å²) in [4.78, 5) is 0. The maximum atomic E-state index is 3.90. The summed E-state index contributed by atoms with van der Waals surface area (Å²) in [5, 5.41) is 9.95. The third kappa shape index (κ3) is 3.25. The van der Waals surface area contributed by atoms with Crippen LogP contribution >= 0.6 is 31.9 Å². The molecule has 0 spiro atoms. The van der Waals surface area contributed by atoms with Crippen molar-refractivity contribution in [3.63, 3.8) is 0 Å². The highest BCUT2D eigenvalue weighted by atomic mass is 79.9. The molecule has 0 saturated carbocycles. The zero-order chi connectivity index (χ0) is 24.2. The first-order valence-corrected chi connectivity index (χ1v) is 13.6. The predicted molar refractivity (Wildman–Crippen MR) is 163 cm³/mol. The summed E-state index contributed by atoms with van der Waals surface area (Å²) >= 11 is 7.79. The van der Waals surface area contributed by atoms with Crippen LogP contribution in [0.3, 0.4) is 0 Å². The van der Waals surface area contributed by atoms with Crippen LogP contribution in [0.1, 0.15) is 0 Å². The van der Waals surface area contributed by atoms with Crippen molar-refractivity contribution < 1.29 is 0 Å². The van der Waals surface area contributed by atoms with E-state index >= 15 is 0 Å². The van der Waals surface area contributed by atoms with Gasteiger partial charge >= 0.3 is 0 Å². The second-order valence-electron chi connectivity index (χ2n) is 9.14. The Kier molecular flexibility index (Phi) is 5.20. The molecular weight excluding hydrogens is 568 g/mol. The fraction of sp³-hybridized carbons (Fsp3) is 0. The molecule has 36 heavy (non-hydrogen) atoms. The minimum absolute atomic E-state index is 1.15. The number of rotatable bonds is 2. The highest BCUT2D eigenvalue weighted by molar-refractivity contribution is 9.11. The third-order valence-electron chi connectivity index (χ3n) is 7.17. The van der Waals surface area contributed by atoms with Crippen molar-refractivity contribution in [2.75, 3.05) is 0 Å². The van der Waals surface area contributed by atoms with E-state index in [0.29, 0.717) is 0 Å². The third-order valence-corrected chi connectivity index (χ3v) is 8.88. The zero-order valence-electron chi connectivity index (χ0n) is 19.3. The summed E-state index contributed by atoms with van der Waals surface area (Å²) < 4.78 is 2.30. The van der Waals surface area contributed by atoms with E-state index in [1.165, 1.54) is 65.3 Å². The van der Waals surface area contributed by atoms with Crippen molar-refractivity contribution in [1.29, 1.82) is 0 Å². The Labute approximate surface area is 226 Å². The van der Waals surface area contributed by atoms with Crippen LogP contribution in [0.2, 0.25) is 0 Å². The molecule has 0 amide bonds. The second-order valence-corrected chi connectivity index (χ2v) is 10.7. The second kappa shape index (κ2) is 8.58. The maximum absolute atomic E-state index is 3.90. The lowest BCUT2D eigenvalue weighted by atomic mass is 9.88. The molecule has 0 aliphatic rings. The Morgan fingerprint density at radius 3 is 0.889 bits per heavy atom. The number of fused-ring (bicyclic) bond motifs is 4. The van der Waals surface area contributed by atoms with Crippen molar-refractivity contribution in [3.05, 3.63) is 130 Å². The maximum Gasteiger partial charge on any atom is 0.0332 e. The number of hydrogen-bond donors (Lipinski definition) is 0. The van der Waals surface area contributed by atoms with Gasteiger partial charge in [0.15, 0.2) is 0 Å². The molecule has 0 aliphatic carbocycles. The fourth-order valence-corrected chi connectivity index (χ4v) is 6.99. The molecule has 2 heteroatoms. The van der Waals surface area contributed by atoms with Crippen LogP contribution in [0, 0.1) is 0 Å². The van der Waals surface area contributed by atoms with Gasteiger partial charge in [0.2, 0.25) is 0 Å². The summed E-state index contributed by atoms with van der Waals surface area (Å²) in [6, 6.07) is 43.8. The number of hydrogen-bond acceptors (Lipinski definition) is 0. The van der Waals surface area contributed by atoms with Gasteiger partial charge in [-0.3, -0.25) is 0 Å². The van der Waals surface area contributed by atoms with E-state index in [9.17, 15) is 0 Å². The molecular formula is C34H20Br2. The van der Waals surface area contributed by atoms with Crippen LogP contribution in [0.5, 0.6) is 0 Å². The molecule has 7 aromatic carbocycles. The minimum atomic E-state index is 1.15. The van der Waals surface area contributed by atoms with E-state index in [1.54, 1.807) is 0 Å². The lowest BCUT2D eigenvalue weighted by Crippen LogP contribution is -1.90. The zero-order valence-corrected chi connectivity index (χ0v) is 22.5. The average molecular weight is 588 g/mol. The quantitative estimate of drug-likeness (QED) is 0.176. The van der Waals surface area contributed by atoms with Crippen LogP contribution in [-0.4, -0.2) is 0 Å². The van der Waals surface area contributed by atoms with Gasteiger partial charge in [-0.05, 0) is 103 Å². The summed E-state index contributed by atoms with van der Waals surface area (Å²) in [5.41, 5.74) is 5.00. The van der Waals surface area contributed by atoms with Gasteiger partial charge < -0.3 is 0 Å². The van der Waals surface area contributed by atoms with Crippen LogP contribution in [0.15, 0.2) is 130 Å². The monoisotopic (exact) mass is 586 g/mol. The molecule has 0 bridgehead atoms. The molecule has 0 aliphatic heterocycles. The van der Waals surface area contributed by atoms with Gasteiger partial charge in [0, 0.05) is 8.95 Å². The minimum Gasteiger partial charge on any atom is -0.0616 e. The molecule has 0 radical (unpaired) electrons. The van der Waals surface area contributed by atoms with Crippen molar-refractivity contribution >= 4 is 74.9 Å². The van der Waals surface area contributed by atoms with Gasteiger partial charge in [0.1, 0.15) is 0 Å². The van der Waals surface area contributed by atoms with Gasteiger partial charge in [-0.1, -0.05) is 115 Å². The molecule has 0 fully saturated rings. The van der Waals surface area contributed by atoms with E-state index in [2.05, 4.69) is 153 Å². The van der Waals surface area contributed by atoms with Gasteiger partial charge in [-0.2, -0.15) is 0 Å². The molecule has 0 N–H and O–H groups in total. The first-order chi connectivity index (χ1) is 17.7. The smallest absolute Gasteiger partial charge is 0.0332 e. The van der Waals surface area contributed by atoms with Crippen LogP contribution < -0.4 is 0 Å². The summed E-state index contributed by atoms with van der Waals surface area (Å²) in [7, 11) is 0. The largest absolute Gasteiger partial charge is 0.0616 e. The van der Waals surface area contributed by atoms with Gasteiger partial charge in [0.25, 0.3) is 0 Å². The lowest BCUT2D eigenvalue weighted by Gasteiger charge is -2.17. The van der Waals surface area contributed by atoms with Crippen LogP contribution in [0.25, 0.3) is 65.3 Å². The van der Waals surface area contributed by atoms with Gasteiger partial charge in [0.05, 0.1) is 0 Å². The highest BCUT2D eigenvalue weighted by Gasteiger charge is 2.17. The Bertz CT molecular complexity index is 1710. The summed E-state index contributed by atoms with van der Waals surface area (Å²) in [5.74, 6) is 0. The molecule has 0 atom stereocenters. The SMILES string of the molecule is Brc1c2ccccc2c(-c2cccc(-c3c4ccccc4c(Br)c4ccccc34)c2)c2ccccc12. The molecule has 170 valence electrons. The van der Waals surface area contributed by atoms with E-state index in [4.69, 9.17) is 0 Å².